The quantitative estimate of drug-likeness (QED) is 0.625. The van der Waals surface area contributed by atoms with E-state index in [4.69, 9.17) is 5.11 Å². The molecule has 0 aliphatic heterocycles. The first-order valence-electron chi connectivity index (χ1n) is 5.14. The van der Waals surface area contributed by atoms with E-state index in [1.807, 2.05) is 20.8 Å². The van der Waals surface area contributed by atoms with Crippen molar-refractivity contribution in [3.05, 3.63) is 0 Å². The summed E-state index contributed by atoms with van der Waals surface area (Å²) in [5, 5.41) is 14.6. The summed E-state index contributed by atoms with van der Waals surface area (Å²) in [6.07, 6.45) is 0.405. The van der Waals surface area contributed by atoms with Gasteiger partial charge >= 0.3 is 6.03 Å². The molecule has 0 aromatic carbocycles. The smallest absolute Gasteiger partial charge is 0.314 e. The molecular weight excluding hydrogens is 180 g/mol. The Morgan fingerprint density at radius 2 is 1.86 bits per heavy atom. The Labute approximate surface area is 86.1 Å². The van der Waals surface area contributed by atoms with Crippen molar-refractivity contribution in [3.8, 4) is 0 Å². The second-order valence-electron chi connectivity index (χ2n) is 4.20. The Kier molecular flexibility index (Phi) is 6.28. The van der Waals surface area contributed by atoms with Crippen LogP contribution in [-0.2, 0) is 0 Å². The van der Waals surface area contributed by atoms with Crippen molar-refractivity contribution < 1.29 is 9.90 Å². The molecule has 0 fully saturated rings. The molecule has 14 heavy (non-hydrogen) atoms. The molecule has 0 spiro atoms. The predicted octanol–water partition coefficient (Wildman–Crippen LogP) is 1.10. The van der Waals surface area contributed by atoms with Gasteiger partial charge in [0, 0.05) is 12.6 Å². The lowest BCUT2D eigenvalue weighted by atomic mass is 10.1. The molecule has 0 aliphatic carbocycles. The van der Waals surface area contributed by atoms with Crippen molar-refractivity contribution in [2.45, 2.75) is 46.3 Å². The molecule has 0 rings (SSSR count). The van der Waals surface area contributed by atoms with E-state index in [1.165, 1.54) is 0 Å². The summed E-state index contributed by atoms with van der Waals surface area (Å²) in [4.78, 5) is 11.2. The minimum Gasteiger partial charge on any atom is -0.393 e. The Bertz CT molecular complexity index is 170. The first-order valence-corrected chi connectivity index (χ1v) is 5.14. The summed E-state index contributed by atoms with van der Waals surface area (Å²) >= 11 is 0. The summed E-state index contributed by atoms with van der Waals surface area (Å²) in [5.74, 6) is 0.299. The third-order valence-electron chi connectivity index (χ3n) is 1.77. The maximum atomic E-state index is 11.2. The van der Waals surface area contributed by atoms with E-state index < -0.39 is 0 Å². The fourth-order valence-corrected chi connectivity index (χ4v) is 1.25. The molecule has 3 N–H and O–H groups in total. The van der Waals surface area contributed by atoms with Crippen LogP contribution in [0.2, 0.25) is 0 Å². The summed E-state index contributed by atoms with van der Waals surface area (Å²) < 4.78 is 0. The lowest BCUT2D eigenvalue weighted by Crippen LogP contribution is -2.41. The number of aliphatic hydroxyl groups is 1. The van der Waals surface area contributed by atoms with Crippen molar-refractivity contribution in [3.63, 3.8) is 0 Å². The average molecular weight is 202 g/mol. The van der Waals surface area contributed by atoms with Gasteiger partial charge in [0.15, 0.2) is 0 Å². The van der Waals surface area contributed by atoms with Crippen LogP contribution in [0.1, 0.15) is 34.1 Å². The van der Waals surface area contributed by atoms with Crippen LogP contribution in [0.5, 0.6) is 0 Å². The van der Waals surface area contributed by atoms with E-state index in [0.717, 1.165) is 0 Å². The van der Waals surface area contributed by atoms with E-state index in [0.29, 0.717) is 18.9 Å². The average Bonchev–Trinajstić information content (AvgIpc) is 1.98. The van der Waals surface area contributed by atoms with Crippen LogP contribution >= 0.6 is 0 Å². The summed E-state index contributed by atoms with van der Waals surface area (Å²) in [5.41, 5.74) is 0. The van der Waals surface area contributed by atoms with Gasteiger partial charge in [-0.05, 0) is 33.1 Å². The number of carbonyl (C=O) groups excluding carboxylic acids is 1. The van der Waals surface area contributed by atoms with E-state index in [-0.39, 0.29) is 18.2 Å². The lowest BCUT2D eigenvalue weighted by Gasteiger charge is -2.15. The van der Waals surface area contributed by atoms with Gasteiger partial charge in [0.1, 0.15) is 0 Å². The SMILES string of the molecule is CC(O)CC(C)CNC(=O)NC(C)C. The monoisotopic (exact) mass is 202 g/mol. The van der Waals surface area contributed by atoms with Crippen molar-refractivity contribution in [1.29, 1.82) is 0 Å². The normalized spacial score (nSPS) is 15.0. The molecule has 2 unspecified atom stereocenters. The second kappa shape index (κ2) is 6.65. The van der Waals surface area contributed by atoms with Crippen LogP contribution in [0.4, 0.5) is 4.79 Å². The standard InChI is InChI=1S/C10H22N2O2/c1-7(2)12-10(14)11-6-8(3)5-9(4)13/h7-9,13H,5-6H2,1-4H3,(H2,11,12,14). The first-order chi connectivity index (χ1) is 6.41. The van der Waals surface area contributed by atoms with Crippen molar-refractivity contribution >= 4 is 6.03 Å². The number of aliphatic hydroxyl groups excluding tert-OH is 1. The van der Waals surface area contributed by atoms with Gasteiger partial charge in [0.05, 0.1) is 6.10 Å². The molecule has 2 amide bonds. The predicted molar refractivity (Wildman–Crippen MR) is 57.1 cm³/mol. The first kappa shape index (κ1) is 13.2. The van der Waals surface area contributed by atoms with Gasteiger partial charge in [0.25, 0.3) is 0 Å². The number of nitrogens with one attached hydrogen (secondary N) is 2. The molecule has 4 nitrogen and oxygen atoms in total. The summed E-state index contributed by atoms with van der Waals surface area (Å²) in [6, 6.07) is 0.0134. The number of amides is 2. The van der Waals surface area contributed by atoms with Crippen LogP contribution in [0.15, 0.2) is 0 Å². The van der Waals surface area contributed by atoms with Gasteiger partial charge in [-0.15, -0.1) is 0 Å². The fourth-order valence-electron chi connectivity index (χ4n) is 1.25. The Hall–Kier alpha value is -0.770. The summed E-state index contributed by atoms with van der Waals surface area (Å²) in [7, 11) is 0. The zero-order valence-electron chi connectivity index (χ0n) is 9.50. The highest BCUT2D eigenvalue weighted by molar-refractivity contribution is 5.74. The lowest BCUT2D eigenvalue weighted by molar-refractivity contribution is 0.163. The number of urea groups is 1. The van der Waals surface area contributed by atoms with Crippen LogP contribution in [0.3, 0.4) is 0 Å². The molecule has 0 saturated heterocycles. The fraction of sp³-hybridized carbons (Fsp3) is 0.900. The molecule has 0 aromatic heterocycles. The maximum Gasteiger partial charge on any atom is 0.314 e. The van der Waals surface area contributed by atoms with E-state index in [2.05, 4.69) is 10.6 Å². The van der Waals surface area contributed by atoms with E-state index >= 15 is 0 Å². The molecule has 0 aromatic rings. The minimum atomic E-state index is -0.306. The number of carbonyl (C=O) groups is 1. The van der Waals surface area contributed by atoms with Crippen LogP contribution in [-0.4, -0.2) is 29.8 Å². The maximum absolute atomic E-state index is 11.2. The molecule has 0 heterocycles. The van der Waals surface area contributed by atoms with Gasteiger partial charge in [-0.3, -0.25) is 0 Å². The van der Waals surface area contributed by atoms with Crippen LogP contribution in [0, 0.1) is 5.92 Å². The molecule has 0 radical (unpaired) electrons. The minimum absolute atomic E-state index is 0.141. The molecule has 84 valence electrons. The molecule has 0 saturated carbocycles. The molecular formula is C10H22N2O2. The number of hydrogen-bond donors (Lipinski definition) is 3. The Morgan fingerprint density at radius 1 is 1.29 bits per heavy atom. The van der Waals surface area contributed by atoms with Crippen molar-refractivity contribution in [2.75, 3.05) is 6.54 Å². The van der Waals surface area contributed by atoms with Crippen LogP contribution < -0.4 is 10.6 Å². The Balaban J connectivity index is 3.56. The summed E-state index contributed by atoms with van der Waals surface area (Å²) in [6.45, 7) is 8.19. The van der Waals surface area contributed by atoms with Gasteiger partial charge < -0.3 is 15.7 Å². The van der Waals surface area contributed by atoms with Gasteiger partial charge in [-0.1, -0.05) is 6.92 Å². The third kappa shape index (κ3) is 7.86. The zero-order chi connectivity index (χ0) is 11.1. The largest absolute Gasteiger partial charge is 0.393 e. The second-order valence-corrected chi connectivity index (χ2v) is 4.20. The zero-order valence-corrected chi connectivity index (χ0v) is 9.50. The molecule has 0 bridgehead atoms. The molecule has 0 aliphatic rings. The number of rotatable bonds is 5. The third-order valence-corrected chi connectivity index (χ3v) is 1.77. The highest BCUT2D eigenvalue weighted by Gasteiger charge is 2.08. The topological polar surface area (TPSA) is 61.4 Å². The van der Waals surface area contributed by atoms with E-state index in [1.54, 1.807) is 6.92 Å². The molecule has 2 atom stereocenters. The highest BCUT2D eigenvalue weighted by atomic mass is 16.3. The highest BCUT2D eigenvalue weighted by Crippen LogP contribution is 2.03. The molecule has 4 heteroatoms. The van der Waals surface area contributed by atoms with Gasteiger partial charge in [-0.25, -0.2) is 4.79 Å². The van der Waals surface area contributed by atoms with Gasteiger partial charge in [-0.2, -0.15) is 0 Å². The van der Waals surface area contributed by atoms with Crippen molar-refractivity contribution in [2.24, 2.45) is 5.92 Å². The Morgan fingerprint density at radius 3 is 2.29 bits per heavy atom. The number of hydrogen-bond acceptors (Lipinski definition) is 2. The van der Waals surface area contributed by atoms with E-state index in [9.17, 15) is 4.79 Å². The van der Waals surface area contributed by atoms with Crippen molar-refractivity contribution in [1.82, 2.24) is 10.6 Å². The van der Waals surface area contributed by atoms with Gasteiger partial charge in [0.2, 0.25) is 0 Å². The van der Waals surface area contributed by atoms with Crippen LogP contribution in [0.25, 0.3) is 0 Å².